The molecule has 120 valence electrons. The Balaban J connectivity index is 1.64. The van der Waals surface area contributed by atoms with Gasteiger partial charge in [-0.25, -0.2) is 9.37 Å². The van der Waals surface area contributed by atoms with E-state index in [9.17, 15) is 9.18 Å². The van der Waals surface area contributed by atoms with Gasteiger partial charge in [0.15, 0.2) is 0 Å². The highest BCUT2D eigenvalue weighted by Crippen LogP contribution is 2.18. The molecule has 1 fully saturated rings. The minimum absolute atomic E-state index is 0.275. The van der Waals surface area contributed by atoms with Crippen LogP contribution in [0.5, 0.6) is 0 Å². The normalized spacial score (nSPS) is 14.1. The largest absolute Gasteiger partial charge is 0.357 e. The van der Waals surface area contributed by atoms with Crippen molar-refractivity contribution in [2.75, 3.05) is 18.0 Å². The second kappa shape index (κ2) is 6.77. The van der Waals surface area contributed by atoms with Gasteiger partial charge in [0.05, 0.1) is 0 Å². The number of halogens is 1. The molecule has 2 heterocycles. The molecule has 1 aromatic heterocycles. The molecule has 0 aliphatic carbocycles. The number of aromatic nitrogens is 1. The summed E-state index contributed by atoms with van der Waals surface area (Å²) >= 11 is 0. The van der Waals surface area contributed by atoms with Crippen molar-refractivity contribution in [3.63, 3.8) is 0 Å². The second-order valence-corrected chi connectivity index (χ2v) is 5.86. The first-order valence-electron chi connectivity index (χ1n) is 7.88. The number of benzene rings is 1. The van der Waals surface area contributed by atoms with Crippen LogP contribution >= 0.6 is 0 Å². The number of nitrogens with zero attached hydrogens (tertiary/aromatic N) is 2. The van der Waals surface area contributed by atoms with Gasteiger partial charge in [0.25, 0.3) is 5.91 Å². The highest BCUT2D eigenvalue weighted by molar-refractivity contribution is 5.94. The number of rotatable bonds is 4. The molecule has 1 aliphatic rings. The van der Waals surface area contributed by atoms with Gasteiger partial charge in [-0.05, 0) is 55.2 Å². The fourth-order valence-corrected chi connectivity index (χ4v) is 2.71. The van der Waals surface area contributed by atoms with Gasteiger partial charge in [0.2, 0.25) is 0 Å². The minimum Gasteiger partial charge on any atom is -0.357 e. The average Bonchev–Trinajstić information content (AvgIpc) is 3.10. The molecule has 1 saturated heterocycles. The Bertz CT molecular complexity index is 711. The fraction of sp³-hybridized carbons (Fsp3) is 0.333. The first-order chi connectivity index (χ1) is 11.1. The maximum atomic E-state index is 13.5. The van der Waals surface area contributed by atoms with Crippen molar-refractivity contribution in [1.29, 1.82) is 0 Å². The summed E-state index contributed by atoms with van der Waals surface area (Å²) in [6, 6.07) is 8.40. The highest BCUT2D eigenvalue weighted by Gasteiger charge is 2.14. The van der Waals surface area contributed by atoms with Gasteiger partial charge in [-0.2, -0.15) is 0 Å². The summed E-state index contributed by atoms with van der Waals surface area (Å²) in [5.41, 5.74) is 1.86. The first-order valence-corrected chi connectivity index (χ1v) is 7.88. The van der Waals surface area contributed by atoms with Crippen LogP contribution in [0, 0.1) is 12.7 Å². The van der Waals surface area contributed by atoms with E-state index < -0.39 is 0 Å². The van der Waals surface area contributed by atoms with E-state index in [0.29, 0.717) is 17.7 Å². The molecule has 23 heavy (non-hydrogen) atoms. The van der Waals surface area contributed by atoms with Crippen LogP contribution in [-0.4, -0.2) is 24.0 Å². The van der Waals surface area contributed by atoms with Crippen LogP contribution in [0.3, 0.4) is 0 Å². The molecule has 0 bridgehead atoms. The standard InChI is InChI=1S/C18H20FN3O/c1-13-4-5-15(11-16(13)19)18(23)21-12-14-6-7-20-17(10-14)22-8-2-3-9-22/h4-7,10-11H,2-3,8-9,12H2,1H3,(H,21,23). The lowest BCUT2D eigenvalue weighted by atomic mass is 10.1. The summed E-state index contributed by atoms with van der Waals surface area (Å²) in [4.78, 5) is 18.8. The van der Waals surface area contributed by atoms with Crippen molar-refractivity contribution in [3.8, 4) is 0 Å². The Morgan fingerprint density at radius 2 is 2.04 bits per heavy atom. The monoisotopic (exact) mass is 313 g/mol. The van der Waals surface area contributed by atoms with Gasteiger partial charge in [-0.15, -0.1) is 0 Å². The minimum atomic E-state index is -0.363. The zero-order valence-electron chi connectivity index (χ0n) is 13.2. The summed E-state index contributed by atoms with van der Waals surface area (Å²) < 4.78 is 13.5. The van der Waals surface area contributed by atoms with E-state index in [1.54, 1.807) is 25.3 Å². The topological polar surface area (TPSA) is 45.2 Å². The number of amides is 1. The van der Waals surface area contributed by atoms with Crippen LogP contribution < -0.4 is 10.2 Å². The van der Waals surface area contributed by atoms with E-state index in [4.69, 9.17) is 0 Å². The van der Waals surface area contributed by atoms with E-state index >= 15 is 0 Å². The van der Waals surface area contributed by atoms with Gasteiger partial charge >= 0.3 is 0 Å². The van der Waals surface area contributed by atoms with Crippen molar-refractivity contribution in [2.24, 2.45) is 0 Å². The van der Waals surface area contributed by atoms with Crippen molar-refractivity contribution < 1.29 is 9.18 Å². The van der Waals surface area contributed by atoms with Crippen molar-refractivity contribution in [1.82, 2.24) is 10.3 Å². The third-order valence-corrected chi connectivity index (χ3v) is 4.13. The molecule has 0 radical (unpaired) electrons. The van der Waals surface area contributed by atoms with Crippen LogP contribution in [0.2, 0.25) is 0 Å². The van der Waals surface area contributed by atoms with Crippen LogP contribution in [0.4, 0.5) is 10.2 Å². The van der Waals surface area contributed by atoms with Crippen molar-refractivity contribution >= 4 is 11.7 Å². The molecule has 0 atom stereocenters. The number of carbonyl (C=O) groups is 1. The average molecular weight is 313 g/mol. The van der Waals surface area contributed by atoms with Crippen molar-refractivity contribution in [2.45, 2.75) is 26.3 Å². The Morgan fingerprint density at radius 3 is 2.78 bits per heavy atom. The zero-order valence-corrected chi connectivity index (χ0v) is 13.2. The van der Waals surface area contributed by atoms with Crippen LogP contribution in [0.1, 0.15) is 34.3 Å². The fourth-order valence-electron chi connectivity index (χ4n) is 2.71. The number of carbonyl (C=O) groups excluding carboxylic acids is 1. The molecule has 3 rings (SSSR count). The Morgan fingerprint density at radius 1 is 1.26 bits per heavy atom. The van der Waals surface area contributed by atoms with Crippen LogP contribution in [-0.2, 0) is 6.54 Å². The summed E-state index contributed by atoms with van der Waals surface area (Å²) in [5.74, 6) is 0.317. The lowest BCUT2D eigenvalue weighted by Gasteiger charge is -2.17. The third-order valence-electron chi connectivity index (χ3n) is 4.13. The molecule has 1 aliphatic heterocycles. The number of nitrogens with one attached hydrogen (secondary N) is 1. The number of aryl methyl sites for hydroxylation is 1. The highest BCUT2D eigenvalue weighted by atomic mass is 19.1. The van der Waals surface area contributed by atoms with Crippen molar-refractivity contribution in [3.05, 3.63) is 59.0 Å². The molecule has 5 heteroatoms. The van der Waals surface area contributed by atoms with Gasteiger partial charge in [-0.3, -0.25) is 4.79 Å². The second-order valence-electron chi connectivity index (χ2n) is 5.86. The third kappa shape index (κ3) is 3.67. The van der Waals surface area contributed by atoms with E-state index in [1.807, 2.05) is 12.1 Å². The number of hydrogen-bond acceptors (Lipinski definition) is 3. The maximum absolute atomic E-state index is 13.5. The van der Waals surface area contributed by atoms with E-state index in [1.165, 1.54) is 18.9 Å². The Hall–Kier alpha value is -2.43. The molecule has 0 unspecified atom stereocenters. The number of pyridine rings is 1. The molecular formula is C18H20FN3O. The lowest BCUT2D eigenvalue weighted by Crippen LogP contribution is -2.23. The molecular weight excluding hydrogens is 293 g/mol. The molecule has 4 nitrogen and oxygen atoms in total. The molecule has 0 saturated carbocycles. The van der Waals surface area contributed by atoms with Crippen LogP contribution in [0.25, 0.3) is 0 Å². The predicted octanol–water partition coefficient (Wildman–Crippen LogP) is 3.06. The maximum Gasteiger partial charge on any atom is 0.251 e. The molecule has 1 N–H and O–H groups in total. The van der Waals surface area contributed by atoms with Crippen LogP contribution in [0.15, 0.2) is 36.5 Å². The summed E-state index contributed by atoms with van der Waals surface area (Å²) in [6.45, 7) is 4.14. The summed E-state index contributed by atoms with van der Waals surface area (Å²) in [6.07, 6.45) is 4.16. The molecule has 1 amide bonds. The van der Waals surface area contributed by atoms with Gasteiger partial charge in [0.1, 0.15) is 11.6 Å². The number of anilines is 1. The van der Waals surface area contributed by atoms with Gasteiger partial charge in [0, 0.05) is 31.4 Å². The van der Waals surface area contributed by atoms with E-state index in [0.717, 1.165) is 24.5 Å². The lowest BCUT2D eigenvalue weighted by molar-refractivity contribution is 0.0950. The zero-order chi connectivity index (χ0) is 16.2. The summed E-state index contributed by atoms with van der Waals surface area (Å²) in [7, 11) is 0. The first kappa shape index (κ1) is 15.5. The Kier molecular flexibility index (Phi) is 4.55. The number of hydrogen-bond donors (Lipinski definition) is 1. The SMILES string of the molecule is Cc1ccc(C(=O)NCc2ccnc(N3CCCC3)c2)cc1F. The Labute approximate surface area is 135 Å². The predicted molar refractivity (Wildman–Crippen MR) is 88.0 cm³/mol. The summed E-state index contributed by atoms with van der Waals surface area (Å²) in [5, 5.41) is 2.83. The van der Waals surface area contributed by atoms with E-state index in [2.05, 4.69) is 15.2 Å². The quantitative estimate of drug-likeness (QED) is 0.943. The molecule has 1 aromatic carbocycles. The van der Waals surface area contributed by atoms with Gasteiger partial charge < -0.3 is 10.2 Å². The smallest absolute Gasteiger partial charge is 0.251 e. The molecule has 0 spiro atoms. The molecule has 2 aromatic rings. The van der Waals surface area contributed by atoms with Gasteiger partial charge in [-0.1, -0.05) is 6.07 Å². The van der Waals surface area contributed by atoms with E-state index in [-0.39, 0.29) is 11.7 Å².